The van der Waals surface area contributed by atoms with Crippen LogP contribution in [0.3, 0.4) is 0 Å². The Balaban J connectivity index is 1.38. The molecule has 1 saturated carbocycles. The van der Waals surface area contributed by atoms with Crippen LogP contribution < -0.4 is 0 Å². The van der Waals surface area contributed by atoms with E-state index in [0.29, 0.717) is 23.1 Å². The van der Waals surface area contributed by atoms with Gasteiger partial charge in [0.25, 0.3) is 5.91 Å². The maximum Gasteiger partial charge on any atom is 0.306 e. The number of carbonyl (C=O) groups is 2. The zero-order chi connectivity index (χ0) is 28.6. The van der Waals surface area contributed by atoms with Crippen molar-refractivity contribution in [3.63, 3.8) is 0 Å². The number of rotatable bonds is 8. The number of likely N-dealkylation sites (tertiary alicyclic amines) is 1. The zero-order valence-corrected chi connectivity index (χ0v) is 24.1. The molecule has 214 valence electrons. The molecule has 1 N–H and O–H groups in total. The van der Waals surface area contributed by atoms with Crippen LogP contribution in [0.25, 0.3) is 16.6 Å². The van der Waals surface area contributed by atoms with Gasteiger partial charge in [0.15, 0.2) is 0 Å². The normalized spacial score (nSPS) is 21.8. The molecule has 8 heteroatoms. The van der Waals surface area contributed by atoms with Crippen molar-refractivity contribution >= 4 is 22.8 Å². The van der Waals surface area contributed by atoms with Crippen LogP contribution >= 0.6 is 0 Å². The smallest absolute Gasteiger partial charge is 0.306 e. The average Bonchev–Trinajstić information content (AvgIpc) is 3.53. The minimum absolute atomic E-state index is 0.0120. The molecule has 1 aromatic carbocycles. The van der Waals surface area contributed by atoms with Gasteiger partial charge in [-0.05, 0) is 107 Å². The SMILES string of the molecule is Cc1cncc2c1c(C[C@H]1CCN(C[C@H]3CC[C@@H](C(=O)O)CC3)C1)cn2-c1ccc(F)cc1C(=O)N(C)C(C)C. The molecule has 7 nitrogen and oxygen atoms in total. The second kappa shape index (κ2) is 11.7. The molecule has 1 saturated heterocycles. The van der Waals surface area contributed by atoms with E-state index in [1.54, 1.807) is 18.0 Å². The van der Waals surface area contributed by atoms with Crippen LogP contribution in [0.1, 0.15) is 67.4 Å². The number of amides is 1. The Morgan fingerprint density at radius 3 is 2.58 bits per heavy atom. The van der Waals surface area contributed by atoms with Gasteiger partial charge in [0.2, 0.25) is 0 Å². The molecule has 0 bridgehead atoms. The number of hydrogen-bond acceptors (Lipinski definition) is 4. The first-order valence-corrected chi connectivity index (χ1v) is 14.6. The summed E-state index contributed by atoms with van der Waals surface area (Å²) in [5, 5.41) is 10.5. The fraction of sp³-hybridized carbons (Fsp3) is 0.531. The highest BCUT2D eigenvalue weighted by Crippen LogP contribution is 2.34. The van der Waals surface area contributed by atoms with Gasteiger partial charge < -0.3 is 19.5 Å². The van der Waals surface area contributed by atoms with E-state index in [0.717, 1.165) is 74.6 Å². The minimum atomic E-state index is -0.645. The Kier molecular flexibility index (Phi) is 8.26. The van der Waals surface area contributed by atoms with Crippen LogP contribution in [0.15, 0.2) is 36.8 Å². The van der Waals surface area contributed by atoms with Gasteiger partial charge >= 0.3 is 5.97 Å². The molecular formula is C32H41FN4O3. The number of aryl methyl sites for hydroxylation is 1. The Bertz CT molecular complexity index is 1390. The molecule has 2 aliphatic rings. The van der Waals surface area contributed by atoms with Crippen LogP contribution in [0, 0.1) is 30.5 Å². The largest absolute Gasteiger partial charge is 0.481 e. The third-order valence-corrected chi connectivity index (χ3v) is 9.12. The molecule has 40 heavy (non-hydrogen) atoms. The fourth-order valence-corrected chi connectivity index (χ4v) is 6.62. The summed E-state index contributed by atoms with van der Waals surface area (Å²) in [5.41, 5.74) is 4.24. The summed E-state index contributed by atoms with van der Waals surface area (Å²) in [6.45, 7) is 9.12. The van der Waals surface area contributed by atoms with Gasteiger partial charge in [-0.1, -0.05) is 0 Å². The van der Waals surface area contributed by atoms with Crippen molar-refractivity contribution in [2.75, 3.05) is 26.7 Å². The first-order chi connectivity index (χ1) is 19.1. The standard InChI is InChI=1S/C32H41FN4O3/c1-20(2)35(4)31(38)27-14-26(33)9-10-28(27)37-19-25(30-21(3)15-34-16-29(30)37)13-23-11-12-36(18-23)17-22-5-7-24(8-6-22)32(39)40/h9-10,14-16,19-20,22-24H,5-8,11-13,17-18H2,1-4H3,(H,39,40)/t22-,23-,24+/m1/s1. The van der Waals surface area contributed by atoms with E-state index >= 15 is 0 Å². The molecule has 2 aromatic heterocycles. The highest BCUT2D eigenvalue weighted by atomic mass is 19.1. The first-order valence-electron chi connectivity index (χ1n) is 14.6. The molecular weight excluding hydrogens is 507 g/mol. The number of carbonyl (C=O) groups excluding carboxylic acids is 1. The van der Waals surface area contributed by atoms with Crippen molar-refractivity contribution in [3.05, 3.63) is 59.3 Å². The van der Waals surface area contributed by atoms with E-state index in [2.05, 4.69) is 23.0 Å². The summed E-state index contributed by atoms with van der Waals surface area (Å²) in [5.74, 6) is -0.352. The van der Waals surface area contributed by atoms with Crippen LogP contribution in [0.2, 0.25) is 0 Å². The number of nitrogens with zero attached hydrogens (tertiary/aromatic N) is 4. The number of halogens is 1. The van der Waals surface area contributed by atoms with Crippen LogP contribution in [-0.2, 0) is 11.2 Å². The number of benzene rings is 1. The highest BCUT2D eigenvalue weighted by Gasteiger charge is 2.30. The average molecular weight is 549 g/mol. The molecule has 1 atom stereocenters. The van der Waals surface area contributed by atoms with E-state index in [1.165, 1.54) is 17.7 Å². The van der Waals surface area contributed by atoms with Crippen LogP contribution in [0.5, 0.6) is 0 Å². The summed E-state index contributed by atoms with van der Waals surface area (Å²) < 4.78 is 16.4. The quantitative estimate of drug-likeness (QED) is 0.390. The molecule has 0 radical (unpaired) electrons. The topological polar surface area (TPSA) is 78.7 Å². The molecule has 3 aromatic rings. The molecule has 0 unspecified atom stereocenters. The predicted molar refractivity (Wildman–Crippen MR) is 154 cm³/mol. The maximum atomic E-state index is 14.4. The Labute approximate surface area is 236 Å². The van der Waals surface area contributed by atoms with Crippen molar-refractivity contribution in [1.29, 1.82) is 0 Å². The molecule has 5 rings (SSSR count). The maximum absolute atomic E-state index is 14.4. The van der Waals surface area contributed by atoms with E-state index in [4.69, 9.17) is 0 Å². The van der Waals surface area contributed by atoms with E-state index in [-0.39, 0.29) is 17.9 Å². The van der Waals surface area contributed by atoms with Crippen molar-refractivity contribution in [2.24, 2.45) is 17.8 Å². The Morgan fingerprint density at radius 1 is 1.12 bits per heavy atom. The Morgan fingerprint density at radius 2 is 1.88 bits per heavy atom. The van der Waals surface area contributed by atoms with Crippen molar-refractivity contribution in [1.82, 2.24) is 19.4 Å². The number of carboxylic acid groups (broad SMARTS) is 1. The van der Waals surface area contributed by atoms with Gasteiger partial charge in [-0.3, -0.25) is 14.6 Å². The summed E-state index contributed by atoms with van der Waals surface area (Å²) >= 11 is 0. The molecule has 3 heterocycles. The van der Waals surface area contributed by atoms with Crippen LogP contribution in [0.4, 0.5) is 4.39 Å². The highest BCUT2D eigenvalue weighted by molar-refractivity contribution is 5.99. The minimum Gasteiger partial charge on any atom is -0.481 e. The van der Waals surface area contributed by atoms with Gasteiger partial charge in [-0.2, -0.15) is 0 Å². The molecule has 2 fully saturated rings. The van der Waals surface area contributed by atoms with Gasteiger partial charge in [0.1, 0.15) is 5.82 Å². The Hall–Kier alpha value is -3.26. The lowest BCUT2D eigenvalue weighted by molar-refractivity contribution is -0.143. The van der Waals surface area contributed by atoms with Gasteiger partial charge in [0.05, 0.1) is 28.9 Å². The zero-order valence-electron chi connectivity index (χ0n) is 24.1. The summed E-state index contributed by atoms with van der Waals surface area (Å²) in [6, 6.07) is 4.43. The second-order valence-electron chi connectivity index (χ2n) is 12.2. The number of aromatic nitrogens is 2. The summed E-state index contributed by atoms with van der Waals surface area (Å²) in [6.07, 6.45) is 11.5. The number of fused-ring (bicyclic) bond motifs is 1. The third-order valence-electron chi connectivity index (χ3n) is 9.12. The number of pyridine rings is 1. The molecule has 1 amide bonds. The van der Waals surface area contributed by atoms with Crippen molar-refractivity contribution < 1.29 is 19.1 Å². The monoisotopic (exact) mass is 548 g/mol. The van der Waals surface area contributed by atoms with Crippen LogP contribution in [-0.4, -0.2) is 69.1 Å². The van der Waals surface area contributed by atoms with Crippen molar-refractivity contribution in [2.45, 2.75) is 65.3 Å². The van der Waals surface area contributed by atoms with E-state index in [1.807, 2.05) is 30.8 Å². The second-order valence-corrected chi connectivity index (χ2v) is 12.2. The number of hydrogen-bond donors (Lipinski definition) is 1. The molecule has 0 spiro atoms. The molecule has 1 aliphatic carbocycles. The molecule has 1 aliphatic heterocycles. The first kappa shape index (κ1) is 28.3. The predicted octanol–water partition coefficient (Wildman–Crippen LogP) is 5.71. The summed E-state index contributed by atoms with van der Waals surface area (Å²) in [7, 11) is 1.75. The third kappa shape index (κ3) is 5.78. The lowest BCUT2D eigenvalue weighted by atomic mass is 9.82. The van der Waals surface area contributed by atoms with E-state index < -0.39 is 11.8 Å². The summed E-state index contributed by atoms with van der Waals surface area (Å²) in [4.78, 5) is 33.3. The van der Waals surface area contributed by atoms with Gasteiger partial charge in [-0.15, -0.1) is 0 Å². The fourth-order valence-electron chi connectivity index (χ4n) is 6.62. The van der Waals surface area contributed by atoms with Gasteiger partial charge in [-0.25, -0.2) is 4.39 Å². The lowest BCUT2D eigenvalue weighted by Crippen LogP contribution is -2.33. The van der Waals surface area contributed by atoms with E-state index in [9.17, 15) is 19.1 Å². The number of aliphatic carboxylic acids is 1. The van der Waals surface area contributed by atoms with Crippen molar-refractivity contribution in [3.8, 4) is 5.69 Å². The lowest BCUT2D eigenvalue weighted by Gasteiger charge is -2.29. The number of carboxylic acids is 1. The van der Waals surface area contributed by atoms with Gasteiger partial charge in [0, 0.05) is 44.0 Å².